The Morgan fingerprint density at radius 3 is 2.65 bits per heavy atom. The Kier molecular flexibility index (Phi) is 5.50. The topological polar surface area (TPSA) is 101 Å². The fraction of sp³-hybridized carbons (Fsp3) is 0.294. The highest BCUT2D eigenvalue weighted by Crippen LogP contribution is 2.18. The number of amides is 1. The van der Waals surface area contributed by atoms with Crippen molar-refractivity contribution in [3.8, 4) is 0 Å². The molecule has 0 saturated carbocycles. The van der Waals surface area contributed by atoms with E-state index in [2.05, 4.69) is 10.5 Å². The van der Waals surface area contributed by atoms with Crippen LogP contribution in [0.2, 0.25) is 0 Å². The zero-order valence-electron chi connectivity index (χ0n) is 14.2. The number of carbonyl (C=O) groups is 1. The number of hydrogen-bond acceptors (Lipinski definition) is 6. The molecule has 0 spiro atoms. The largest absolute Gasteiger partial charge is 0.463 e. The van der Waals surface area contributed by atoms with Crippen molar-refractivity contribution >= 4 is 21.6 Å². The maximum Gasteiger partial charge on any atom is 0.271 e. The van der Waals surface area contributed by atoms with Gasteiger partial charge in [0.25, 0.3) is 5.91 Å². The minimum Gasteiger partial charge on any atom is -0.463 e. The van der Waals surface area contributed by atoms with Gasteiger partial charge in [0.2, 0.25) is 10.0 Å². The highest BCUT2D eigenvalue weighted by atomic mass is 32.2. The van der Waals surface area contributed by atoms with Crippen molar-refractivity contribution < 1.29 is 22.4 Å². The van der Waals surface area contributed by atoms with Crippen molar-refractivity contribution in [2.45, 2.75) is 11.8 Å². The molecule has 0 atom stereocenters. The first-order chi connectivity index (χ1) is 12.5. The third kappa shape index (κ3) is 4.01. The number of rotatable bonds is 5. The monoisotopic (exact) mass is 377 g/mol. The lowest BCUT2D eigenvalue weighted by Gasteiger charge is -2.26. The van der Waals surface area contributed by atoms with Gasteiger partial charge < -0.3 is 9.15 Å². The van der Waals surface area contributed by atoms with Crippen molar-refractivity contribution in [3.05, 3.63) is 54.0 Å². The number of morpholine rings is 1. The summed E-state index contributed by atoms with van der Waals surface area (Å²) in [7, 11) is -3.66. The summed E-state index contributed by atoms with van der Waals surface area (Å²) in [6, 6.07) is 9.32. The molecule has 2 aromatic rings. The minimum absolute atomic E-state index is 0.0683. The summed E-state index contributed by atoms with van der Waals surface area (Å²) >= 11 is 0. The zero-order valence-corrected chi connectivity index (χ0v) is 15.0. The first-order valence-corrected chi connectivity index (χ1v) is 9.49. The standard InChI is InChI=1S/C17H19N3O5S/c1-13(16-6-3-9-25-16)18-19-17(21)14-4-2-5-15(12-14)26(22,23)20-7-10-24-11-8-20/h2-6,9,12H,7-8,10-11H2,1H3,(H,19,21). The molecule has 3 rings (SSSR count). The lowest BCUT2D eigenvalue weighted by molar-refractivity contribution is 0.0730. The Hall–Kier alpha value is -2.49. The third-order valence-corrected chi connectivity index (χ3v) is 5.80. The summed E-state index contributed by atoms with van der Waals surface area (Å²) in [6.07, 6.45) is 1.51. The summed E-state index contributed by atoms with van der Waals surface area (Å²) in [6.45, 7) is 3.01. The fourth-order valence-electron chi connectivity index (χ4n) is 2.47. The maximum absolute atomic E-state index is 12.7. The summed E-state index contributed by atoms with van der Waals surface area (Å²) in [5, 5.41) is 3.97. The number of hydrazone groups is 1. The second-order valence-electron chi connectivity index (χ2n) is 5.66. The van der Waals surface area contributed by atoms with Crippen LogP contribution in [0.3, 0.4) is 0 Å². The molecule has 1 aromatic carbocycles. The molecule has 1 aliphatic heterocycles. The van der Waals surface area contributed by atoms with Crippen LogP contribution in [0.25, 0.3) is 0 Å². The molecule has 9 heteroatoms. The molecule has 1 aliphatic rings. The van der Waals surface area contributed by atoms with Crippen LogP contribution in [0.1, 0.15) is 23.0 Å². The van der Waals surface area contributed by atoms with Gasteiger partial charge in [-0.1, -0.05) is 6.07 Å². The smallest absolute Gasteiger partial charge is 0.271 e. The molecule has 0 aliphatic carbocycles. The van der Waals surface area contributed by atoms with Gasteiger partial charge in [0.1, 0.15) is 11.5 Å². The third-order valence-electron chi connectivity index (χ3n) is 3.91. The van der Waals surface area contributed by atoms with Gasteiger partial charge in [0, 0.05) is 18.7 Å². The highest BCUT2D eigenvalue weighted by molar-refractivity contribution is 7.89. The number of carbonyl (C=O) groups excluding carboxylic acids is 1. The number of furan rings is 1. The first-order valence-electron chi connectivity index (χ1n) is 8.05. The molecule has 0 bridgehead atoms. The normalized spacial score (nSPS) is 16.4. The Labute approximate surface area is 151 Å². The lowest BCUT2D eigenvalue weighted by atomic mass is 10.2. The van der Waals surface area contributed by atoms with Crippen LogP contribution in [-0.2, 0) is 14.8 Å². The van der Waals surface area contributed by atoms with E-state index in [4.69, 9.17) is 9.15 Å². The average Bonchev–Trinajstić information content (AvgIpc) is 3.21. The summed E-state index contributed by atoms with van der Waals surface area (Å²) < 4.78 is 37.1. The average molecular weight is 377 g/mol. The number of nitrogens with one attached hydrogen (secondary N) is 1. The van der Waals surface area contributed by atoms with E-state index >= 15 is 0 Å². The molecular formula is C17H19N3O5S. The van der Waals surface area contributed by atoms with Gasteiger partial charge in [-0.05, 0) is 37.3 Å². The van der Waals surface area contributed by atoms with Crippen LogP contribution < -0.4 is 5.43 Å². The quantitative estimate of drug-likeness (QED) is 0.628. The summed E-state index contributed by atoms with van der Waals surface area (Å²) in [4.78, 5) is 12.4. The van der Waals surface area contributed by atoms with Crippen LogP contribution in [0.4, 0.5) is 0 Å². The van der Waals surface area contributed by atoms with Crippen LogP contribution in [-0.4, -0.2) is 50.6 Å². The molecule has 1 fully saturated rings. The molecule has 0 radical (unpaired) electrons. The minimum atomic E-state index is -3.66. The van der Waals surface area contributed by atoms with Crippen LogP contribution in [0.5, 0.6) is 0 Å². The first kappa shape index (κ1) is 18.3. The van der Waals surface area contributed by atoms with E-state index in [0.29, 0.717) is 37.8 Å². The number of ether oxygens (including phenoxy) is 1. The molecule has 1 amide bonds. The number of benzene rings is 1. The van der Waals surface area contributed by atoms with Crippen LogP contribution in [0, 0.1) is 0 Å². The predicted octanol–water partition coefficient (Wildman–Crippen LogP) is 1.45. The van der Waals surface area contributed by atoms with E-state index in [1.807, 2.05) is 0 Å². The van der Waals surface area contributed by atoms with Gasteiger partial charge in [0.05, 0.1) is 24.4 Å². The van der Waals surface area contributed by atoms with Crippen molar-refractivity contribution in [1.29, 1.82) is 0 Å². The molecule has 1 saturated heterocycles. The number of sulfonamides is 1. The van der Waals surface area contributed by atoms with Gasteiger partial charge in [-0.2, -0.15) is 9.41 Å². The van der Waals surface area contributed by atoms with Gasteiger partial charge >= 0.3 is 0 Å². The van der Waals surface area contributed by atoms with E-state index in [0.717, 1.165) is 0 Å². The van der Waals surface area contributed by atoms with Crippen molar-refractivity contribution in [1.82, 2.24) is 9.73 Å². The fourth-order valence-corrected chi connectivity index (χ4v) is 3.93. The zero-order chi connectivity index (χ0) is 18.6. The van der Waals surface area contributed by atoms with Crippen molar-refractivity contribution in [2.24, 2.45) is 5.10 Å². The second kappa shape index (κ2) is 7.81. The summed E-state index contributed by atoms with van der Waals surface area (Å²) in [5.74, 6) is 0.0314. The molecule has 26 heavy (non-hydrogen) atoms. The Balaban J connectivity index is 1.76. The molecule has 1 aromatic heterocycles. The van der Waals surface area contributed by atoms with Crippen LogP contribution in [0.15, 0.2) is 57.1 Å². The Morgan fingerprint density at radius 2 is 1.96 bits per heavy atom. The van der Waals surface area contributed by atoms with E-state index < -0.39 is 15.9 Å². The Bertz CT molecular complexity index is 900. The van der Waals surface area contributed by atoms with Gasteiger partial charge in [0.15, 0.2) is 0 Å². The lowest BCUT2D eigenvalue weighted by Crippen LogP contribution is -2.40. The number of nitrogens with zero attached hydrogens (tertiary/aromatic N) is 2. The van der Waals surface area contributed by atoms with Gasteiger partial charge in [-0.3, -0.25) is 4.79 Å². The molecular weight excluding hydrogens is 358 g/mol. The SMILES string of the molecule is CC(=NNC(=O)c1cccc(S(=O)(=O)N2CCOCC2)c1)c1ccco1. The summed E-state index contributed by atoms with van der Waals surface area (Å²) in [5.41, 5.74) is 3.11. The predicted molar refractivity (Wildman–Crippen MR) is 94.4 cm³/mol. The molecule has 138 valence electrons. The molecule has 0 unspecified atom stereocenters. The van der Waals surface area contributed by atoms with E-state index in [1.165, 1.54) is 34.8 Å². The van der Waals surface area contributed by atoms with E-state index in [-0.39, 0.29) is 10.5 Å². The van der Waals surface area contributed by atoms with Crippen molar-refractivity contribution in [2.75, 3.05) is 26.3 Å². The van der Waals surface area contributed by atoms with Gasteiger partial charge in [-0.15, -0.1) is 0 Å². The molecule has 8 nitrogen and oxygen atoms in total. The molecule has 1 N–H and O–H groups in total. The molecule has 2 heterocycles. The number of hydrogen-bond donors (Lipinski definition) is 1. The second-order valence-corrected chi connectivity index (χ2v) is 7.60. The highest BCUT2D eigenvalue weighted by Gasteiger charge is 2.26. The van der Waals surface area contributed by atoms with Gasteiger partial charge in [-0.25, -0.2) is 13.8 Å². The Morgan fingerprint density at radius 1 is 1.19 bits per heavy atom. The van der Waals surface area contributed by atoms with E-state index in [1.54, 1.807) is 19.1 Å². The maximum atomic E-state index is 12.7. The van der Waals surface area contributed by atoms with E-state index in [9.17, 15) is 13.2 Å². The van der Waals surface area contributed by atoms with Crippen LogP contribution >= 0.6 is 0 Å². The van der Waals surface area contributed by atoms with Crippen molar-refractivity contribution in [3.63, 3.8) is 0 Å².